The first-order chi connectivity index (χ1) is 0. The van der Waals surface area contributed by atoms with Gasteiger partial charge in [0.1, 0.15) is 0 Å². The van der Waals surface area contributed by atoms with E-state index < -0.39 is 0 Å². The van der Waals surface area contributed by atoms with Crippen LogP contribution in [0, 0.1) is 0 Å². The van der Waals surface area contributed by atoms with Gasteiger partial charge >= 0.3 is 119 Å². The van der Waals surface area contributed by atoms with Gasteiger partial charge in [-0.25, -0.2) is 0 Å². The molecule has 0 aliphatic heterocycles. The van der Waals surface area contributed by atoms with Crippen molar-refractivity contribution in [2.24, 2.45) is 0 Å². The van der Waals surface area contributed by atoms with Gasteiger partial charge in [-0.05, 0) is 0 Å². The zero-order chi connectivity index (χ0) is 0. The van der Waals surface area contributed by atoms with E-state index in [1.54, 1.807) is 0 Å². The largest absolute Gasteiger partial charge is 2.00 e. The molecule has 0 rings (SSSR count). The van der Waals surface area contributed by atoms with Crippen molar-refractivity contribution in [2.75, 3.05) is 0 Å². The summed E-state index contributed by atoms with van der Waals surface area (Å²) in [5.41, 5.74) is 0. The fraction of sp³-hybridized carbons (Fsp3) is 0. The van der Waals surface area contributed by atoms with Crippen LogP contribution < -0.4 is 131 Å². The monoisotopic (exact) mass is 278 g/mol. The summed E-state index contributed by atoms with van der Waals surface area (Å²) in [7, 11) is 0. The molecule has 9 heteroatoms. The molecule has 0 aliphatic rings. The van der Waals surface area contributed by atoms with E-state index in [-0.39, 0.29) is 179 Å². The van der Waals surface area contributed by atoms with Crippen LogP contribution in [-0.2, 0) is 0 Å². The molecule has 0 atom stereocenters. The topological polar surface area (TPSA) is 63.0 Å². The molecule has 0 bridgehead atoms. The predicted molar refractivity (Wildman–Crippen MR) is 13.0 cm³/mol. The van der Waals surface area contributed by atoms with Crippen LogP contribution in [0.5, 0.6) is 0 Å². The molecule has 0 saturated heterocycles. The van der Waals surface area contributed by atoms with Crippen molar-refractivity contribution in [3.05, 3.63) is 0 Å². The van der Waals surface area contributed by atoms with Crippen molar-refractivity contribution >= 4 is 37.7 Å². The number of halogens is 4. The van der Waals surface area contributed by atoms with E-state index in [0.717, 1.165) is 0 Å². The van der Waals surface area contributed by atoms with Crippen molar-refractivity contribution in [3.63, 3.8) is 0 Å². The standard InChI is InChI=1S/Ca.4ClH.K.Na.2H2O/h;4*1H;;;2*1H2/q+2;;;;;2*+1;;/p-4. The second kappa shape index (κ2) is 75.2. The smallest absolute Gasteiger partial charge is 1.00 e. The molecule has 0 saturated carbocycles. The molecule has 0 amide bonds. The van der Waals surface area contributed by atoms with E-state index >= 15 is 0 Å². The van der Waals surface area contributed by atoms with E-state index in [4.69, 9.17) is 0 Å². The molecule has 9 heavy (non-hydrogen) atoms. The maximum atomic E-state index is 0. The van der Waals surface area contributed by atoms with Crippen molar-refractivity contribution in [2.45, 2.75) is 0 Å². The first kappa shape index (κ1) is 95.0. The van der Waals surface area contributed by atoms with E-state index in [0.29, 0.717) is 0 Å². The van der Waals surface area contributed by atoms with Gasteiger partial charge in [0.2, 0.25) is 0 Å². The summed E-state index contributed by atoms with van der Waals surface area (Å²) in [4.78, 5) is 0. The SMILES string of the molecule is O.O.[Ca+2].[Cl-].[Cl-].[Cl-].[Cl-].[K+].[Na+]. The molecule has 48 valence electrons. The molecule has 0 radical (unpaired) electrons. The third-order valence-corrected chi connectivity index (χ3v) is 0. The van der Waals surface area contributed by atoms with Crippen LogP contribution in [0.1, 0.15) is 0 Å². The molecule has 0 aromatic carbocycles. The first-order valence-electron chi connectivity index (χ1n) is 0. The Balaban J connectivity index is 0. The van der Waals surface area contributed by atoms with Gasteiger partial charge in [0.25, 0.3) is 0 Å². The average molecular weight is 280 g/mol. The Labute approximate surface area is 174 Å². The van der Waals surface area contributed by atoms with Crippen LogP contribution in [0.3, 0.4) is 0 Å². The summed E-state index contributed by atoms with van der Waals surface area (Å²) in [5, 5.41) is 0. The molecule has 0 spiro atoms. The minimum atomic E-state index is 0. The number of rotatable bonds is 0. The minimum absolute atomic E-state index is 0. The van der Waals surface area contributed by atoms with Crippen molar-refractivity contribution in [1.82, 2.24) is 0 Å². The van der Waals surface area contributed by atoms with E-state index in [9.17, 15) is 0 Å². The van der Waals surface area contributed by atoms with Crippen molar-refractivity contribution < 1.29 is 142 Å². The van der Waals surface area contributed by atoms with Crippen LogP contribution in [0.15, 0.2) is 0 Å². The minimum Gasteiger partial charge on any atom is -1.00 e. The van der Waals surface area contributed by atoms with Crippen LogP contribution >= 0.6 is 0 Å². The van der Waals surface area contributed by atoms with Crippen LogP contribution in [0.4, 0.5) is 0 Å². The second-order valence-corrected chi connectivity index (χ2v) is 0. The fourth-order valence-corrected chi connectivity index (χ4v) is 0. The van der Waals surface area contributed by atoms with Gasteiger partial charge in [0.05, 0.1) is 0 Å². The molecule has 0 aromatic rings. The Hall–Kier alpha value is 4.98. The Bertz CT molecular complexity index is 18.5. The molecule has 0 aliphatic carbocycles. The quantitative estimate of drug-likeness (QED) is 0.396. The van der Waals surface area contributed by atoms with Gasteiger partial charge in [0.15, 0.2) is 0 Å². The third-order valence-electron chi connectivity index (χ3n) is 0. The molecule has 0 unspecified atom stereocenters. The molecule has 4 N–H and O–H groups in total. The molecular weight excluding hydrogens is 276 g/mol. The summed E-state index contributed by atoms with van der Waals surface area (Å²) >= 11 is 0. The number of hydrogen-bond acceptors (Lipinski definition) is 0. The first-order valence-corrected chi connectivity index (χ1v) is 0. The predicted octanol–water partition coefficient (Wildman–Crippen LogP) is -20.0. The van der Waals surface area contributed by atoms with Crippen LogP contribution in [-0.4, -0.2) is 48.7 Å². The van der Waals surface area contributed by atoms with Gasteiger partial charge < -0.3 is 60.6 Å². The molecule has 0 fully saturated rings. The fourth-order valence-electron chi connectivity index (χ4n) is 0. The third kappa shape index (κ3) is 63.1. The maximum absolute atomic E-state index is 0. The van der Waals surface area contributed by atoms with Gasteiger partial charge in [-0.15, -0.1) is 0 Å². The molecule has 0 heterocycles. The van der Waals surface area contributed by atoms with Crippen molar-refractivity contribution in [1.29, 1.82) is 0 Å². The Morgan fingerprint density at radius 1 is 0.556 bits per heavy atom. The second-order valence-electron chi connectivity index (χ2n) is 0. The number of hydrogen-bond donors (Lipinski definition) is 0. The summed E-state index contributed by atoms with van der Waals surface area (Å²) < 4.78 is 0. The van der Waals surface area contributed by atoms with Gasteiger partial charge in [-0.1, -0.05) is 0 Å². The zero-order valence-corrected chi connectivity index (χ0v) is 15.6. The Kier molecular flexibility index (Phi) is 794. The molecular formula is H4CaCl4KNaO2. The van der Waals surface area contributed by atoms with E-state index in [1.807, 2.05) is 0 Å². The normalized spacial score (nSPS) is 0. The average Bonchev–Trinajstić information content (AvgIpc) is 0. The van der Waals surface area contributed by atoms with Crippen molar-refractivity contribution in [3.8, 4) is 0 Å². The maximum Gasteiger partial charge on any atom is 2.00 e. The molecule has 0 aromatic heterocycles. The van der Waals surface area contributed by atoms with Crippen LogP contribution in [0.2, 0.25) is 0 Å². The summed E-state index contributed by atoms with van der Waals surface area (Å²) in [5.74, 6) is 0. The Morgan fingerprint density at radius 3 is 0.556 bits per heavy atom. The van der Waals surface area contributed by atoms with Gasteiger partial charge in [0, 0.05) is 0 Å². The van der Waals surface area contributed by atoms with E-state index in [1.165, 1.54) is 0 Å². The van der Waals surface area contributed by atoms with E-state index in [2.05, 4.69) is 0 Å². The summed E-state index contributed by atoms with van der Waals surface area (Å²) in [6, 6.07) is 0. The molecule has 2 nitrogen and oxygen atoms in total. The van der Waals surface area contributed by atoms with Gasteiger partial charge in [-0.3, -0.25) is 0 Å². The van der Waals surface area contributed by atoms with Gasteiger partial charge in [-0.2, -0.15) is 0 Å². The van der Waals surface area contributed by atoms with Crippen LogP contribution in [0.25, 0.3) is 0 Å². The summed E-state index contributed by atoms with van der Waals surface area (Å²) in [6.07, 6.45) is 0. The Morgan fingerprint density at radius 2 is 0.556 bits per heavy atom. The summed E-state index contributed by atoms with van der Waals surface area (Å²) in [6.45, 7) is 0. The zero-order valence-electron chi connectivity index (χ0n) is 5.22.